The van der Waals surface area contributed by atoms with E-state index in [1.807, 2.05) is 0 Å². The third-order valence-electron chi connectivity index (χ3n) is 3.14. The van der Waals surface area contributed by atoms with Crippen molar-refractivity contribution < 1.29 is 31.3 Å². The lowest BCUT2D eigenvalue weighted by Gasteiger charge is -2.21. The first-order valence-electron chi connectivity index (χ1n) is 6.00. The van der Waals surface area contributed by atoms with Crippen LogP contribution >= 0.6 is 0 Å². The van der Waals surface area contributed by atoms with Gasteiger partial charge in [-0.1, -0.05) is 0 Å². The molecule has 1 N–H and O–H groups in total. The van der Waals surface area contributed by atoms with Crippen molar-refractivity contribution in [1.29, 1.82) is 0 Å². The summed E-state index contributed by atoms with van der Waals surface area (Å²) in [6, 6.07) is 1.72. The van der Waals surface area contributed by atoms with Crippen LogP contribution in [-0.4, -0.2) is 43.4 Å². The Hall–Kier alpha value is -1.74. The SMILES string of the molecule is CS(=O)(=O)OC1C[C@H](c2cc(F)ccc2F)N(C(=O)O)C1. The fraction of sp³-hybridized carbons (Fsp3) is 0.417. The van der Waals surface area contributed by atoms with E-state index in [1.54, 1.807) is 0 Å². The van der Waals surface area contributed by atoms with Crippen molar-refractivity contribution in [3.05, 3.63) is 35.4 Å². The van der Waals surface area contributed by atoms with Gasteiger partial charge in [0.05, 0.1) is 24.9 Å². The highest BCUT2D eigenvalue weighted by Crippen LogP contribution is 2.35. The molecule has 0 radical (unpaired) electrons. The van der Waals surface area contributed by atoms with Crippen molar-refractivity contribution in [2.75, 3.05) is 12.8 Å². The molecule has 1 aromatic carbocycles. The van der Waals surface area contributed by atoms with Gasteiger partial charge >= 0.3 is 6.09 Å². The summed E-state index contributed by atoms with van der Waals surface area (Å²) in [6.45, 7) is -0.233. The van der Waals surface area contributed by atoms with Crippen LogP contribution in [0, 0.1) is 11.6 Å². The van der Waals surface area contributed by atoms with Crippen molar-refractivity contribution in [3.63, 3.8) is 0 Å². The van der Waals surface area contributed by atoms with Crippen molar-refractivity contribution in [3.8, 4) is 0 Å². The minimum absolute atomic E-state index is 0.0697. The Morgan fingerprint density at radius 3 is 2.67 bits per heavy atom. The zero-order chi connectivity index (χ0) is 15.8. The summed E-state index contributed by atoms with van der Waals surface area (Å²) in [4.78, 5) is 12.0. The number of benzene rings is 1. The maximum Gasteiger partial charge on any atom is 0.407 e. The Labute approximate surface area is 120 Å². The molecule has 2 atom stereocenters. The van der Waals surface area contributed by atoms with Gasteiger partial charge in [-0.15, -0.1) is 0 Å². The molecular formula is C12H13F2NO5S. The number of halogens is 2. The Balaban J connectivity index is 2.32. The maximum absolute atomic E-state index is 13.8. The average Bonchev–Trinajstić information content (AvgIpc) is 2.73. The molecule has 0 saturated carbocycles. The predicted molar refractivity (Wildman–Crippen MR) is 68.2 cm³/mol. The van der Waals surface area contributed by atoms with Crippen LogP contribution in [0.1, 0.15) is 18.0 Å². The number of carboxylic acid groups (broad SMARTS) is 1. The monoisotopic (exact) mass is 321 g/mol. The van der Waals surface area contributed by atoms with Crippen LogP contribution in [0.5, 0.6) is 0 Å². The van der Waals surface area contributed by atoms with Gasteiger partial charge in [0, 0.05) is 12.0 Å². The van der Waals surface area contributed by atoms with Gasteiger partial charge in [0.25, 0.3) is 10.1 Å². The van der Waals surface area contributed by atoms with Gasteiger partial charge in [0.15, 0.2) is 0 Å². The molecule has 0 bridgehead atoms. The molecule has 1 aromatic rings. The van der Waals surface area contributed by atoms with E-state index in [1.165, 1.54) is 0 Å². The molecule has 1 saturated heterocycles. The van der Waals surface area contributed by atoms with Crippen LogP contribution in [0.15, 0.2) is 18.2 Å². The standard InChI is InChI=1S/C12H13F2NO5S/c1-21(18,19)20-8-5-11(15(6-8)12(16)17)9-4-7(13)2-3-10(9)14/h2-4,8,11H,5-6H2,1H3,(H,16,17)/t8?,11-/m1/s1. The number of likely N-dealkylation sites (tertiary alicyclic amines) is 1. The zero-order valence-electron chi connectivity index (χ0n) is 11.0. The molecule has 21 heavy (non-hydrogen) atoms. The zero-order valence-corrected chi connectivity index (χ0v) is 11.8. The molecule has 9 heteroatoms. The number of hydrogen-bond acceptors (Lipinski definition) is 4. The molecule has 6 nitrogen and oxygen atoms in total. The van der Waals surface area contributed by atoms with Gasteiger partial charge in [0.1, 0.15) is 11.6 Å². The molecule has 0 spiro atoms. The van der Waals surface area contributed by atoms with Crippen LogP contribution in [0.4, 0.5) is 13.6 Å². The minimum atomic E-state index is -3.77. The summed E-state index contributed by atoms with van der Waals surface area (Å²) < 4.78 is 54.0. The highest BCUT2D eigenvalue weighted by molar-refractivity contribution is 7.86. The van der Waals surface area contributed by atoms with Crippen molar-refractivity contribution >= 4 is 16.2 Å². The number of carbonyl (C=O) groups is 1. The van der Waals surface area contributed by atoms with E-state index in [0.717, 1.165) is 29.4 Å². The van der Waals surface area contributed by atoms with Crippen LogP contribution in [0.2, 0.25) is 0 Å². The number of nitrogens with zero attached hydrogens (tertiary/aromatic N) is 1. The van der Waals surface area contributed by atoms with E-state index in [-0.39, 0.29) is 18.5 Å². The smallest absolute Gasteiger partial charge is 0.407 e. The van der Waals surface area contributed by atoms with Crippen LogP contribution in [0.3, 0.4) is 0 Å². The summed E-state index contributed by atoms with van der Waals surface area (Å²) in [5, 5.41) is 9.13. The second-order valence-electron chi connectivity index (χ2n) is 4.77. The topological polar surface area (TPSA) is 83.9 Å². The first-order valence-corrected chi connectivity index (χ1v) is 7.82. The minimum Gasteiger partial charge on any atom is -0.465 e. The van der Waals surface area contributed by atoms with Crippen LogP contribution < -0.4 is 0 Å². The summed E-state index contributed by atoms with van der Waals surface area (Å²) in [7, 11) is -3.77. The van der Waals surface area contributed by atoms with Gasteiger partial charge in [-0.25, -0.2) is 13.6 Å². The lowest BCUT2D eigenvalue weighted by molar-refractivity contribution is 0.134. The Morgan fingerprint density at radius 1 is 1.43 bits per heavy atom. The first kappa shape index (κ1) is 15.6. The summed E-state index contributed by atoms with van der Waals surface area (Å²) >= 11 is 0. The maximum atomic E-state index is 13.8. The van der Waals surface area contributed by atoms with Gasteiger partial charge in [-0.2, -0.15) is 8.42 Å². The van der Waals surface area contributed by atoms with E-state index >= 15 is 0 Å². The number of hydrogen-bond donors (Lipinski definition) is 1. The lowest BCUT2D eigenvalue weighted by Crippen LogP contribution is -2.31. The second-order valence-corrected chi connectivity index (χ2v) is 6.38. The molecule has 1 unspecified atom stereocenters. The molecule has 2 rings (SSSR count). The average molecular weight is 321 g/mol. The number of rotatable bonds is 3. The van der Waals surface area contributed by atoms with Gasteiger partial charge in [-0.3, -0.25) is 9.08 Å². The molecule has 1 aliphatic rings. The Kier molecular flexibility index (Phi) is 4.15. The van der Waals surface area contributed by atoms with Gasteiger partial charge in [-0.05, 0) is 18.2 Å². The predicted octanol–water partition coefficient (Wildman–Crippen LogP) is 1.73. The lowest BCUT2D eigenvalue weighted by atomic mass is 10.0. The van der Waals surface area contributed by atoms with E-state index in [9.17, 15) is 22.0 Å². The normalized spacial score (nSPS) is 22.5. The fourth-order valence-corrected chi connectivity index (χ4v) is 3.02. The third-order valence-corrected chi connectivity index (χ3v) is 3.76. The molecule has 0 aromatic heterocycles. The summed E-state index contributed by atoms with van der Waals surface area (Å²) in [5.74, 6) is -1.46. The molecule has 0 aliphatic carbocycles. The van der Waals surface area contributed by atoms with Crippen molar-refractivity contribution in [2.45, 2.75) is 18.6 Å². The molecule has 1 aliphatic heterocycles. The Morgan fingerprint density at radius 2 is 2.10 bits per heavy atom. The van der Waals surface area contributed by atoms with Crippen LogP contribution in [-0.2, 0) is 14.3 Å². The molecule has 116 valence electrons. The van der Waals surface area contributed by atoms with E-state index in [0.29, 0.717) is 0 Å². The highest BCUT2D eigenvalue weighted by atomic mass is 32.2. The van der Waals surface area contributed by atoms with Crippen LogP contribution in [0.25, 0.3) is 0 Å². The quantitative estimate of drug-likeness (QED) is 0.857. The van der Waals surface area contributed by atoms with Crippen molar-refractivity contribution in [2.24, 2.45) is 0 Å². The molecular weight excluding hydrogens is 308 g/mol. The summed E-state index contributed by atoms with van der Waals surface area (Å²) in [5.41, 5.74) is -0.142. The summed E-state index contributed by atoms with van der Waals surface area (Å²) in [6.07, 6.45) is -1.51. The molecule has 1 heterocycles. The fourth-order valence-electron chi connectivity index (χ4n) is 2.39. The van der Waals surface area contributed by atoms with Gasteiger partial charge < -0.3 is 5.11 Å². The van der Waals surface area contributed by atoms with E-state index < -0.39 is 40.0 Å². The van der Waals surface area contributed by atoms with E-state index in [2.05, 4.69) is 0 Å². The second kappa shape index (κ2) is 5.57. The molecule has 1 amide bonds. The first-order chi connectivity index (χ1) is 9.67. The van der Waals surface area contributed by atoms with Gasteiger partial charge in [0.2, 0.25) is 0 Å². The largest absolute Gasteiger partial charge is 0.465 e. The van der Waals surface area contributed by atoms with Crippen molar-refractivity contribution in [1.82, 2.24) is 4.90 Å². The highest BCUT2D eigenvalue weighted by Gasteiger charge is 2.39. The third kappa shape index (κ3) is 3.67. The Bertz CT molecular complexity index is 664. The molecule has 1 fully saturated rings. The van der Waals surface area contributed by atoms with E-state index in [4.69, 9.17) is 9.29 Å². The number of amides is 1.